The highest BCUT2D eigenvalue weighted by Crippen LogP contribution is 2.42. The zero-order valence-corrected chi connectivity index (χ0v) is 18.1. The van der Waals surface area contributed by atoms with E-state index in [9.17, 15) is 9.59 Å². The van der Waals surface area contributed by atoms with Gasteiger partial charge in [0.1, 0.15) is 5.58 Å². The first-order valence-electron chi connectivity index (χ1n) is 8.71. The van der Waals surface area contributed by atoms with Gasteiger partial charge in [-0.05, 0) is 42.8 Å². The number of anilines is 1. The van der Waals surface area contributed by atoms with E-state index in [0.717, 1.165) is 15.7 Å². The lowest BCUT2D eigenvalue weighted by atomic mass is 9.99. The molecular weight excluding hydrogens is 476 g/mol. The van der Waals surface area contributed by atoms with Gasteiger partial charge in [-0.15, -0.1) is 11.3 Å². The number of amides is 1. The molecule has 8 heteroatoms. The Labute approximate surface area is 182 Å². The molecule has 1 aliphatic heterocycles. The Morgan fingerprint density at radius 3 is 2.62 bits per heavy atom. The van der Waals surface area contributed by atoms with E-state index >= 15 is 0 Å². The van der Waals surface area contributed by atoms with Crippen molar-refractivity contribution in [2.45, 2.75) is 13.0 Å². The van der Waals surface area contributed by atoms with Crippen LogP contribution in [0.4, 0.5) is 5.13 Å². The van der Waals surface area contributed by atoms with Crippen molar-refractivity contribution in [3.63, 3.8) is 0 Å². The van der Waals surface area contributed by atoms with E-state index in [2.05, 4.69) is 20.9 Å². The maximum Gasteiger partial charge on any atom is 0.297 e. The topological polar surface area (TPSA) is 63.4 Å². The molecule has 4 aromatic rings. The van der Waals surface area contributed by atoms with E-state index in [4.69, 9.17) is 16.0 Å². The fourth-order valence-electron chi connectivity index (χ4n) is 3.56. The number of fused-ring (bicyclic) bond motifs is 2. The van der Waals surface area contributed by atoms with E-state index in [-0.39, 0.29) is 17.1 Å². The lowest BCUT2D eigenvalue weighted by Crippen LogP contribution is -2.29. The van der Waals surface area contributed by atoms with E-state index in [1.165, 1.54) is 16.2 Å². The number of benzene rings is 2. The molecule has 0 unspecified atom stereocenters. The first-order chi connectivity index (χ1) is 13.9. The van der Waals surface area contributed by atoms with E-state index in [0.29, 0.717) is 26.7 Å². The summed E-state index contributed by atoms with van der Waals surface area (Å²) in [6.45, 7) is 1.86. The Morgan fingerprint density at radius 2 is 1.93 bits per heavy atom. The average Bonchev–Trinajstić information content (AvgIpc) is 3.25. The molecule has 0 spiro atoms. The summed E-state index contributed by atoms with van der Waals surface area (Å²) in [4.78, 5) is 32.8. The third-order valence-electron chi connectivity index (χ3n) is 4.83. The Morgan fingerprint density at radius 1 is 1.17 bits per heavy atom. The van der Waals surface area contributed by atoms with E-state index in [1.807, 2.05) is 24.4 Å². The zero-order chi connectivity index (χ0) is 20.3. The maximum atomic E-state index is 13.4. The van der Waals surface area contributed by atoms with Crippen LogP contribution in [0.25, 0.3) is 11.0 Å². The van der Waals surface area contributed by atoms with E-state index in [1.54, 1.807) is 30.3 Å². The predicted octanol–water partition coefficient (Wildman–Crippen LogP) is 5.72. The van der Waals surface area contributed by atoms with Gasteiger partial charge in [-0.2, -0.15) is 0 Å². The minimum absolute atomic E-state index is 0.0534. The molecule has 144 valence electrons. The van der Waals surface area contributed by atoms with Crippen molar-refractivity contribution in [2.75, 3.05) is 4.90 Å². The van der Waals surface area contributed by atoms with Crippen molar-refractivity contribution in [3.05, 3.63) is 90.1 Å². The summed E-state index contributed by atoms with van der Waals surface area (Å²) < 4.78 is 6.69. The smallest absolute Gasteiger partial charge is 0.297 e. The monoisotopic (exact) mass is 486 g/mol. The molecule has 29 heavy (non-hydrogen) atoms. The van der Waals surface area contributed by atoms with Crippen molar-refractivity contribution < 1.29 is 9.21 Å². The average molecular weight is 488 g/mol. The molecule has 5 nitrogen and oxygen atoms in total. The van der Waals surface area contributed by atoms with Gasteiger partial charge in [-0.1, -0.05) is 39.7 Å². The normalized spacial score (nSPS) is 15.9. The Kier molecular flexibility index (Phi) is 4.34. The van der Waals surface area contributed by atoms with Gasteiger partial charge in [-0.25, -0.2) is 4.98 Å². The van der Waals surface area contributed by atoms with Crippen molar-refractivity contribution in [1.82, 2.24) is 4.98 Å². The molecule has 2 aromatic heterocycles. The molecule has 0 saturated heterocycles. The highest BCUT2D eigenvalue weighted by atomic mass is 79.9. The largest absolute Gasteiger partial charge is 0.450 e. The lowest BCUT2D eigenvalue weighted by Gasteiger charge is -2.22. The zero-order valence-electron chi connectivity index (χ0n) is 15.0. The van der Waals surface area contributed by atoms with Gasteiger partial charge in [0.05, 0.1) is 22.7 Å². The van der Waals surface area contributed by atoms with Crippen LogP contribution < -0.4 is 10.3 Å². The Bertz CT molecular complexity index is 1350. The molecule has 0 bridgehead atoms. The number of halogens is 2. The van der Waals surface area contributed by atoms with Crippen LogP contribution in [0.5, 0.6) is 0 Å². The molecule has 5 rings (SSSR count). The molecule has 1 aliphatic rings. The quantitative estimate of drug-likeness (QED) is 0.362. The summed E-state index contributed by atoms with van der Waals surface area (Å²) in [6, 6.07) is 11.6. The summed E-state index contributed by atoms with van der Waals surface area (Å²) in [5.41, 5.74) is 2.02. The van der Waals surface area contributed by atoms with Crippen LogP contribution in [-0.4, -0.2) is 10.9 Å². The van der Waals surface area contributed by atoms with Crippen LogP contribution in [-0.2, 0) is 0 Å². The molecule has 0 saturated carbocycles. The van der Waals surface area contributed by atoms with Crippen LogP contribution in [0, 0.1) is 6.92 Å². The van der Waals surface area contributed by atoms with Gasteiger partial charge in [0.2, 0.25) is 5.76 Å². The third-order valence-corrected chi connectivity index (χ3v) is 6.53. The SMILES string of the molecule is Cc1csc(N2C(=O)c3oc4ccc(Br)cc4c(=O)c3[C@H]2c2ccc(Cl)cc2)n1. The molecule has 0 N–H and O–H groups in total. The number of nitrogens with zero attached hydrogens (tertiary/aromatic N) is 2. The number of carbonyl (C=O) groups excluding carboxylic acids is 1. The van der Waals surface area contributed by atoms with Crippen LogP contribution in [0.1, 0.15) is 33.4 Å². The summed E-state index contributed by atoms with van der Waals surface area (Å²) in [6.07, 6.45) is 0. The first kappa shape index (κ1) is 18.5. The molecule has 2 aromatic carbocycles. The summed E-state index contributed by atoms with van der Waals surface area (Å²) >= 11 is 10.8. The number of aryl methyl sites for hydroxylation is 1. The molecule has 0 radical (unpaired) electrons. The van der Waals surface area contributed by atoms with E-state index < -0.39 is 6.04 Å². The van der Waals surface area contributed by atoms with Crippen LogP contribution in [0.2, 0.25) is 5.02 Å². The standard InChI is InChI=1S/C21H12BrClN2O3S/c1-10-9-29-21(24-10)25-17(11-2-5-13(23)6-3-11)16-18(26)14-8-12(22)4-7-15(14)28-19(16)20(25)27/h2-9,17H,1H3/t17-/m1/s1. The van der Waals surface area contributed by atoms with Gasteiger partial charge >= 0.3 is 0 Å². The molecular formula is C21H12BrClN2O3S. The summed E-state index contributed by atoms with van der Waals surface area (Å²) in [5, 5.41) is 3.38. The number of hydrogen-bond donors (Lipinski definition) is 0. The summed E-state index contributed by atoms with van der Waals surface area (Å²) in [5.74, 6) is -0.325. The number of rotatable bonds is 2. The fourth-order valence-corrected chi connectivity index (χ4v) is 4.87. The van der Waals surface area contributed by atoms with Gasteiger partial charge in [0.25, 0.3) is 5.91 Å². The highest BCUT2D eigenvalue weighted by Gasteiger charge is 2.44. The van der Waals surface area contributed by atoms with Crippen LogP contribution in [0.15, 0.2) is 61.5 Å². The second-order valence-electron chi connectivity index (χ2n) is 6.72. The minimum atomic E-state index is -0.639. The maximum absolute atomic E-state index is 13.4. The van der Waals surface area contributed by atoms with Crippen molar-refractivity contribution in [2.24, 2.45) is 0 Å². The molecule has 0 aliphatic carbocycles. The lowest BCUT2D eigenvalue weighted by molar-refractivity contribution is 0.0971. The molecule has 1 atom stereocenters. The number of hydrogen-bond acceptors (Lipinski definition) is 5. The molecule has 3 heterocycles. The Hall–Kier alpha value is -2.48. The predicted molar refractivity (Wildman–Crippen MR) is 117 cm³/mol. The molecule has 0 fully saturated rings. The minimum Gasteiger partial charge on any atom is -0.450 e. The first-order valence-corrected chi connectivity index (χ1v) is 10.8. The highest BCUT2D eigenvalue weighted by molar-refractivity contribution is 9.10. The van der Waals surface area contributed by atoms with Gasteiger partial charge in [0.15, 0.2) is 10.6 Å². The van der Waals surface area contributed by atoms with Crippen molar-refractivity contribution in [3.8, 4) is 0 Å². The second kappa shape index (κ2) is 6.79. The van der Waals surface area contributed by atoms with Crippen LogP contribution in [0.3, 0.4) is 0 Å². The van der Waals surface area contributed by atoms with Crippen molar-refractivity contribution in [1.29, 1.82) is 0 Å². The number of aromatic nitrogens is 1. The van der Waals surface area contributed by atoms with Gasteiger partial charge in [0, 0.05) is 14.9 Å². The fraction of sp³-hybridized carbons (Fsp3) is 0.0952. The number of thiazole rings is 1. The third kappa shape index (κ3) is 2.92. The second-order valence-corrected chi connectivity index (χ2v) is 8.90. The molecule has 1 amide bonds. The summed E-state index contributed by atoms with van der Waals surface area (Å²) in [7, 11) is 0. The van der Waals surface area contributed by atoms with Gasteiger partial charge < -0.3 is 4.42 Å². The number of carbonyl (C=O) groups is 1. The Balaban J connectivity index is 1.83. The van der Waals surface area contributed by atoms with Crippen LogP contribution >= 0.6 is 38.9 Å². The van der Waals surface area contributed by atoms with Gasteiger partial charge in [-0.3, -0.25) is 14.5 Å². The van der Waals surface area contributed by atoms with Crippen molar-refractivity contribution >= 4 is 60.9 Å².